The molecule has 19 heavy (non-hydrogen) atoms. The zero-order valence-electron chi connectivity index (χ0n) is 10.8. The van der Waals surface area contributed by atoms with E-state index >= 15 is 0 Å². The van der Waals surface area contributed by atoms with Crippen LogP contribution in [0, 0.1) is 6.92 Å². The molecule has 0 atom stereocenters. The molecule has 0 aliphatic rings. The summed E-state index contributed by atoms with van der Waals surface area (Å²) in [6.45, 7) is 2.42. The number of aryl methyl sites for hydroxylation is 1. The fourth-order valence-corrected chi connectivity index (χ4v) is 3.06. The van der Waals surface area contributed by atoms with Crippen LogP contribution in [0.15, 0.2) is 30.3 Å². The summed E-state index contributed by atoms with van der Waals surface area (Å²) in [5.41, 5.74) is 7.87. The quantitative estimate of drug-likeness (QED) is 0.880. The van der Waals surface area contributed by atoms with Gasteiger partial charge in [0, 0.05) is 17.6 Å². The number of thiophene rings is 1. The van der Waals surface area contributed by atoms with Gasteiger partial charge < -0.3 is 10.6 Å². The van der Waals surface area contributed by atoms with E-state index in [1.807, 2.05) is 31.2 Å². The molecule has 0 saturated carbocycles. The van der Waals surface area contributed by atoms with E-state index in [1.165, 1.54) is 11.3 Å². The van der Waals surface area contributed by atoms with Crippen LogP contribution in [-0.2, 0) is 6.54 Å². The second-order valence-electron chi connectivity index (χ2n) is 4.41. The first-order valence-electron chi connectivity index (χ1n) is 5.84. The zero-order chi connectivity index (χ0) is 14.0. The van der Waals surface area contributed by atoms with Crippen molar-refractivity contribution in [3.63, 3.8) is 0 Å². The SMILES string of the molecule is Cc1cccc(N)c1C(=O)N(C)Cc1ccc(Cl)s1. The maximum Gasteiger partial charge on any atom is 0.256 e. The van der Waals surface area contributed by atoms with Crippen LogP contribution in [0.5, 0.6) is 0 Å². The third kappa shape index (κ3) is 3.08. The lowest BCUT2D eigenvalue weighted by molar-refractivity contribution is 0.0787. The van der Waals surface area contributed by atoms with E-state index < -0.39 is 0 Å². The predicted octanol–water partition coefficient (Wildman–Crippen LogP) is 3.56. The molecule has 0 saturated heterocycles. The van der Waals surface area contributed by atoms with Crippen molar-refractivity contribution in [1.29, 1.82) is 0 Å². The molecule has 3 nitrogen and oxygen atoms in total. The minimum Gasteiger partial charge on any atom is -0.398 e. The van der Waals surface area contributed by atoms with Gasteiger partial charge in [-0.3, -0.25) is 4.79 Å². The summed E-state index contributed by atoms with van der Waals surface area (Å²) in [6, 6.07) is 9.25. The summed E-state index contributed by atoms with van der Waals surface area (Å²) in [6.07, 6.45) is 0. The lowest BCUT2D eigenvalue weighted by Crippen LogP contribution is -2.27. The van der Waals surface area contributed by atoms with Crippen LogP contribution < -0.4 is 5.73 Å². The van der Waals surface area contributed by atoms with E-state index in [2.05, 4.69) is 0 Å². The van der Waals surface area contributed by atoms with E-state index in [9.17, 15) is 4.79 Å². The molecule has 0 bridgehead atoms. The third-order valence-electron chi connectivity index (χ3n) is 2.89. The minimum absolute atomic E-state index is 0.0693. The van der Waals surface area contributed by atoms with E-state index in [1.54, 1.807) is 18.0 Å². The average molecular weight is 295 g/mol. The van der Waals surface area contributed by atoms with Gasteiger partial charge in [-0.15, -0.1) is 11.3 Å². The van der Waals surface area contributed by atoms with E-state index in [-0.39, 0.29) is 5.91 Å². The Morgan fingerprint density at radius 2 is 2.11 bits per heavy atom. The first-order valence-corrected chi connectivity index (χ1v) is 7.03. The number of carbonyl (C=O) groups is 1. The number of carbonyl (C=O) groups excluding carboxylic acids is 1. The Kier molecular flexibility index (Phi) is 4.12. The van der Waals surface area contributed by atoms with Crippen molar-refractivity contribution in [2.45, 2.75) is 13.5 Å². The zero-order valence-corrected chi connectivity index (χ0v) is 12.4. The Balaban J connectivity index is 2.19. The number of nitrogens with two attached hydrogens (primary N) is 1. The van der Waals surface area contributed by atoms with Crippen LogP contribution in [0.1, 0.15) is 20.8 Å². The average Bonchev–Trinajstić information content (AvgIpc) is 2.74. The first kappa shape index (κ1) is 13.9. The number of nitrogens with zero attached hydrogens (tertiary/aromatic N) is 1. The van der Waals surface area contributed by atoms with Crippen molar-refractivity contribution < 1.29 is 4.79 Å². The van der Waals surface area contributed by atoms with Crippen molar-refractivity contribution in [2.75, 3.05) is 12.8 Å². The third-order valence-corrected chi connectivity index (χ3v) is 4.10. The number of halogens is 1. The number of amides is 1. The van der Waals surface area contributed by atoms with Crippen molar-refractivity contribution in [1.82, 2.24) is 4.90 Å². The van der Waals surface area contributed by atoms with Gasteiger partial charge in [-0.1, -0.05) is 23.7 Å². The van der Waals surface area contributed by atoms with Crippen molar-refractivity contribution in [3.05, 3.63) is 50.7 Å². The predicted molar refractivity (Wildman–Crippen MR) is 80.7 cm³/mol. The maximum atomic E-state index is 12.4. The van der Waals surface area contributed by atoms with E-state index in [0.29, 0.717) is 17.8 Å². The fourth-order valence-electron chi connectivity index (χ4n) is 1.92. The molecule has 100 valence electrons. The van der Waals surface area contributed by atoms with Gasteiger partial charge in [-0.2, -0.15) is 0 Å². The van der Waals surface area contributed by atoms with E-state index in [0.717, 1.165) is 14.8 Å². The van der Waals surface area contributed by atoms with Gasteiger partial charge in [0.15, 0.2) is 0 Å². The first-order chi connectivity index (χ1) is 8.99. The van der Waals surface area contributed by atoms with Crippen molar-refractivity contribution >= 4 is 34.5 Å². The van der Waals surface area contributed by atoms with Crippen molar-refractivity contribution in [2.24, 2.45) is 0 Å². The molecule has 1 aromatic heterocycles. The Morgan fingerprint density at radius 3 is 2.68 bits per heavy atom. The Morgan fingerprint density at radius 1 is 1.37 bits per heavy atom. The normalized spacial score (nSPS) is 10.5. The topological polar surface area (TPSA) is 46.3 Å². The molecule has 0 aliphatic carbocycles. The van der Waals surface area contributed by atoms with Gasteiger partial charge in [-0.05, 0) is 30.7 Å². The Hall–Kier alpha value is -1.52. The molecule has 2 N–H and O–H groups in total. The second kappa shape index (κ2) is 5.63. The van der Waals surface area contributed by atoms with Gasteiger partial charge in [0.2, 0.25) is 0 Å². The summed E-state index contributed by atoms with van der Waals surface area (Å²) in [7, 11) is 1.77. The van der Waals surface area contributed by atoms with E-state index in [4.69, 9.17) is 17.3 Å². The van der Waals surface area contributed by atoms with Gasteiger partial charge >= 0.3 is 0 Å². The highest BCUT2D eigenvalue weighted by molar-refractivity contribution is 7.16. The molecule has 0 fully saturated rings. The van der Waals surface area contributed by atoms with Crippen LogP contribution in [0.25, 0.3) is 0 Å². The van der Waals surface area contributed by atoms with Crippen LogP contribution in [0.3, 0.4) is 0 Å². The lowest BCUT2D eigenvalue weighted by Gasteiger charge is -2.18. The molecule has 1 heterocycles. The standard InChI is InChI=1S/C14H15ClN2OS/c1-9-4-3-5-11(16)13(9)14(18)17(2)8-10-6-7-12(15)19-10/h3-7H,8,16H2,1-2H3. The summed E-state index contributed by atoms with van der Waals surface area (Å²) in [5, 5.41) is 0. The molecule has 1 aromatic carbocycles. The molecule has 0 unspecified atom stereocenters. The van der Waals surface area contributed by atoms with Crippen LogP contribution in [-0.4, -0.2) is 17.9 Å². The van der Waals surface area contributed by atoms with Crippen LogP contribution in [0.4, 0.5) is 5.69 Å². The molecule has 2 aromatic rings. The molecular formula is C14H15ClN2OS. The molecule has 0 radical (unpaired) electrons. The highest BCUT2D eigenvalue weighted by atomic mass is 35.5. The summed E-state index contributed by atoms with van der Waals surface area (Å²) in [5.74, 6) is -0.0693. The number of rotatable bonds is 3. The number of anilines is 1. The molecule has 2 rings (SSSR count). The Bertz CT molecular complexity index is 589. The fraction of sp³-hybridized carbons (Fsp3) is 0.214. The largest absolute Gasteiger partial charge is 0.398 e. The van der Waals surface area contributed by atoms with Gasteiger partial charge in [-0.25, -0.2) is 0 Å². The highest BCUT2D eigenvalue weighted by Gasteiger charge is 2.17. The Labute approximate surface area is 121 Å². The summed E-state index contributed by atoms with van der Waals surface area (Å²) in [4.78, 5) is 15.1. The number of benzene rings is 1. The van der Waals surface area contributed by atoms with Gasteiger partial charge in [0.25, 0.3) is 5.91 Å². The smallest absolute Gasteiger partial charge is 0.256 e. The molecule has 0 aliphatic heterocycles. The van der Waals surface area contributed by atoms with Gasteiger partial charge in [0.1, 0.15) is 0 Å². The molecule has 0 spiro atoms. The molecule has 1 amide bonds. The maximum absolute atomic E-state index is 12.4. The molecule has 5 heteroatoms. The summed E-state index contributed by atoms with van der Waals surface area (Å²) >= 11 is 7.36. The van der Waals surface area contributed by atoms with Crippen LogP contribution >= 0.6 is 22.9 Å². The van der Waals surface area contributed by atoms with Crippen molar-refractivity contribution in [3.8, 4) is 0 Å². The minimum atomic E-state index is -0.0693. The van der Waals surface area contributed by atoms with Gasteiger partial charge in [0.05, 0.1) is 16.4 Å². The lowest BCUT2D eigenvalue weighted by atomic mass is 10.1. The second-order valence-corrected chi connectivity index (χ2v) is 6.21. The number of hydrogen-bond acceptors (Lipinski definition) is 3. The van der Waals surface area contributed by atoms with Crippen LogP contribution in [0.2, 0.25) is 4.34 Å². The molecular weight excluding hydrogens is 280 g/mol. The number of hydrogen-bond donors (Lipinski definition) is 1. The monoisotopic (exact) mass is 294 g/mol. The number of nitrogen functional groups attached to an aromatic ring is 1. The summed E-state index contributed by atoms with van der Waals surface area (Å²) < 4.78 is 0.728. The highest BCUT2D eigenvalue weighted by Crippen LogP contribution is 2.24.